The van der Waals surface area contributed by atoms with Crippen molar-refractivity contribution in [3.05, 3.63) is 36.2 Å². The van der Waals surface area contributed by atoms with Gasteiger partial charge in [0.25, 0.3) is 0 Å². The van der Waals surface area contributed by atoms with E-state index in [1.807, 2.05) is 6.07 Å². The summed E-state index contributed by atoms with van der Waals surface area (Å²) in [6.07, 6.45) is 2.85. The van der Waals surface area contributed by atoms with Gasteiger partial charge in [-0.15, -0.1) is 5.10 Å². The molecule has 5 heteroatoms. The number of hydrogen-bond donors (Lipinski definition) is 1. The van der Waals surface area contributed by atoms with E-state index in [9.17, 15) is 0 Å². The second kappa shape index (κ2) is 5.09. The van der Waals surface area contributed by atoms with E-state index in [1.54, 1.807) is 11.0 Å². The number of hydrogen-bond acceptors (Lipinski definition) is 4. The molecule has 1 aromatic carbocycles. The quantitative estimate of drug-likeness (QED) is 0.907. The van der Waals surface area contributed by atoms with Gasteiger partial charge in [0.1, 0.15) is 6.33 Å². The van der Waals surface area contributed by atoms with Crippen LogP contribution in [0.3, 0.4) is 0 Å². The molecule has 100 valence electrons. The minimum absolute atomic E-state index is 0.639. The molecule has 0 radical (unpaired) electrons. The third-order valence-corrected chi connectivity index (χ3v) is 4.16. The average Bonchev–Trinajstić information content (AvgIpc) is 2.97. The molecule has 1 heterocycles. The normalized spacial score (nSPS) is 26.1. The SMILES string of the molecule is CCNC1CC(c2cccc(-n3cnnn3)c2)C1C. The van der Waals surface area contributed by atoms with E-state index in [1.165, 1.54) is 12.0 Å². The van der Waals surface area contributed by atoms with Crippen LogP contribution in [0.1, 0.15) is 31.7 Å². The van der Waals surface area contributed by atoms with Crippen molar-refractivity contribution in [2.75, 3.05) is 6.54 Å². The standard InChI is InChI=1S/C14H19N5/c1-3-15-14-8-13(10(14)2)11-5-4-6-12(7-11)19-9-16-17-18-19/h4-7,9-10,13-15H,3,8H2,1-2H3. The molecule has 1 aliphatic carbocycles. The van der Waals surface area contributed by atoms with Crippen LogP contribution in [0.25, 0.3) is 5.69 Å². The Morgan fingerprint density at radius 1 is 1.42 bits per heavy atom. The van der Waals surface area contributed by atoms with Crippen molar-refractivity contribution >= 4 is 0 Å². The van der Waals surface area contributed by atoms with Crippen molar-refractivity contribution in [1.29, 1.82) is 0 Å². The predicted molar refractivity (Wildman–Crippen MR) is 73.1 cm³/mol. The maximum Gasteiger partial charge on any atom is 0.143 e. The summed E-state index contributed by atoms with van der Waals surface area (Å²) in [6.45, 7) is 5.54. The highest BCUT2D eigenvalue weighted by Crippen LogP contribution is 2.42. The molecule has 1 aliphatic rings. The van der Waals surface area contributed by atoms with Crippen LogP contribution in [0.4, 0.5) is 0 Å². The van der Waals surface area contributed by atoms with E-state index in [2.05, 4.69) is 52.9 Å². The molecule has 0 saturated heterocycles. The van der Waals surface area contributed by atoms with E-state index >= 15 is 0 Å². The Labute approximate surface area is 113 Å². The third-order valence-electron chi connectivity index (χ3n) is 4.16. The van der Waals surface area contributed by atoms with Crippen LogP contribution in [0.5, 0.6) is 0 Å². The first-order chi connectivity index (χ1) is 9.29. The summed E-state index contributed by atoms with van der Waals surface area (Å²) in [6, 6.07) is 9.17. The fourth-order valence-corrected chi connectivity index (χ4v) is 2.94. The van der Waals surface area contributed by atoms with E-state index < -0.39 is 0 Å². The van der Waals surface area contributed by atoms with Crippen LogP contribution in [0, 0.1) is 5.92 Å². The highest BCUT2D eigenvalue weighted by atomic mass is 15.5. The zero-order chi connectivity index (χ0) is 13.2. The Kier molecular flexibility index (Phi) is 3.29. The van der Waals surface area contributed by atoms with Gasteiger partial charge in [-0.05, 0) is 52.9 Å². The molecule has 5 nitrogen and oxygen atoms in total. The number of aromatic nitrogens is 4. The van der Waals surface area contributed by atoms with Crippen molar-refractivity contribution in [2.24, 2.45) is 5.92 Å². The fraction of sp³-hybridized carbons (Fsp3) is 0.500. The van der Waals surface area contributed by atoms with E-state index in [0.29, 0.717) is 17.9 Å². The summed E-state index contributed by atoms with van der Waals surface area (Å²) in [7, 11) is 0. The van der Waals surface area contributed by atoms with E-state index in [4.69, 9.17) is 0 Å². The van der Waals surface area contributed by atoms with E-state index in [0.717, 1.165) is 12.2 Å². The summed E-state index contributed by atoms with van der Waals surface area (Å²) in [5, 5.41) is 14.8. The van der Waals surface area contributed by atoms with Gasteiger partial charge < -0.3 is 5.32 Å². The lowest BCUT2D eigenvalue weighted by Gasteiger charge is -2.43. The molecule has 1 N–H and O–H groups in total. The summed E-state index contributed by atoms with van der Waals surface area (Å²) in [5.74, 6) is 1.32. The molecular formula is C14H19N5. The van der Waals surface area contributed by atoms with Gasteiger partial charge in [0.2, 0.25) is 0 Å². The minimum Gasteiger partial charge on any atom is -0.314 e. The van der Waals surface area contributed by atoms with Crippen LogP contribution in [0.2, 0.25) is 0 Å². The maximum absolute atomic E-state index is 3.94. The second-order valence-electron chi connectivity index (χ2n) is 5.21. The zero-order valence-corrected chi connectivity index (χ0v) is 11.3. The van der Waals surface area contributed by atoms with Gasteiger partial charge in [0.05, 0.1) is 5.69 Å². The Bertz CT molecular complexity index is 537. The van der Waals surface area contributed by atoms with Gasteiger partial charge in [-0.2, -0.15) is 0 Å². The molecule has 1 fully saturated rings. The first-order valence-electron chi connectivity index (χ1n) is 6.86. The summed E-state index contributed by atoms with van der Waals surface area (Å²) >= 11 is 0. The monoisotopic (exact) mass is 257 g/mol. The summed E-state index contributed by atoms with van der Waals surface area (Å²) in [4.78, 5) is 0. The molecule has 3 atom stereocenters. The zero-order valence-electron chi connectivity index (χ0n) is 11.3. The van der Waals surface area contributed by atoms with Gasteiger partial charge in [-0.3, -0.25) is 0 Å². The first kappa shape index (κ1) is 12.3. The van der Waals surface area contributed by atoms with Crippen LogP contribution < -0.4 is 5.32 Å². The molecule has 0 amide bonds. The third kappa shape index (κ3) is 2.26. The first-order valence-corrected chi connectivity index (χ1v) is 6.86. The van der Waals surface area contributed by atoms with Crippen LogP contribution in [-0.4, -0.2) is 32.8 Å². The van der Waals surface area contributed by atoms with Gasteiger partial charge in [0, 0.05) is 6.04 Å². The fourth-order valence-electron chi connectivity index (χ4n) is 2.94. The smallest absolute Gasteiger partial charge is 0.143 e. The lowest BCUT2D eigenvalue weighted by atomic mass is 9.67. The van der Waals surface area contributed by atoms with Crippen LogP contribution in [0.15, 0.2) is 30.6 Å². The maximum atomic E-state index is 3.94. The lowest BCUT2D eigenvalue weighted by molar-refractivity contribution is 0.187. The Hall–Kier alpha value is -1.75. The van der Waals surface area contributed by atoms with Gasteiger partial charge in [-0.1, -0.05) is 26.0 Å². The highest BCUT2D eigenvalue weighted by Gasteiger charge is 2.37. The van der Waals surface area contributed by atoms with Crippen molar-refractivity contribution in [3.8, 4) is 5.69 Å². The molecule has 19 heavy (non-hydrogen) atoms. The molecule has 3 rings (SSSR count). The van der Waals surface area contributed by atoms with Crippen molar-refractivity contribution in [3.63, 3.8) is 0 Å². The number of benzene rings is 1. The summed E-state index contributed by atoms with van der Waals surface area (Å²) < 4.78 is 1.70. The minimum atomic E-state index is 0.639. The van der Waals surface area contributed by atoms with Crippen LogP contribution >= 0.6 is 0 Å². The molecule has 3 unspecified atom stereocenters. The molecule has 1 aromatic heterocycles. The Morgan fingerprint density at radius 3 is 3.00 bits per heavy atom. The van der Waals surface area contributed by atoms with Gasteiger partial charge in [0.15, 0.2) is 0 Å². The molecule has 0 bridgehead atoms. The number of nitrogens with zero attached hydrogens (tertiary/aromatic N) is 4. The number of rotatable bonds is 4. The molecule has 0 spiro atoms. The van der Waals surface area contributed by atoms with Gasteiger partial charge >= 0.3 is 0 Å². The highest BCUT2D eigenvalue weighted by molar-refractivity contribution is 5.37. The molecule has 1 saturated carbocycles. The Balaban J connectivity index is 1.78. The topological polar surface area (TPSA) is 55.6 Å². The molecular weight excluding hydrogens is 238 g/mol. The molecule has 0 aliphatic heterocycles. The van der Waals surface area contributed by atoms with Crippen molar-refractivity contribution < 1.29 is 0 Å². The van der Waals surface area contributed by atoms with Crippen LogP contribution in [-0.2, 0) is 0 Å². The van der Waals surface area contributed by atoms with Crippen molar-refractivity contribution in [1.82, 2.24) is 25.5 Å². The summed E-state index contributed by atoms with van der Waals surface area (Å²) in [5.41, 5.74) is 2.41. The predicted octanol–water partition coefficient (Wildman–Crippen LogP) is 1.76. The second-order valence-corrected chi connectivity index (χ2v) is 5.21. The number of tetrazole rings is 1. The lowest BCUT2D eigenvalue weighted by Crippen LogP contribution is -2.47. The Morgan fingerprint density at radius 2 is 2.32 bits per heavy atom. The number of nitrogens with one attached hydrogen (secondary N) is 1. The van der Waals surface area contributed by atoms with E-state index in [-0.39, 0.29) is 0 Å². The van der Waals surface area contributed by atoms with Crippen molar-refractivity contribution in [2.45, 2.75) is 32.2 Å². The average molecular weight is 257 g/mol. The largest absolute Gasteiger partial charge is 0.314 e. The molecule has 2 aromatic rings. The van der Waals surface area contributed by atoms with Gasteiger partial charge in [-0.25, -0.2) is 4.68 Å².